The van der Waals surface area contributed by atoms with E-state index in [2.05, 4.69) is 20.8 Å². The second-order valence-corrected chi connectivity index (χ2v) is 8.61. The molecule has 158 valence electrons. The topological polar surface area (TPSA) is 81.9 Å². The van der Waals surface area contributed by atoms with Crippen molar-refractivity contribution in [1.29, 1.82) is 0 Å². The van der Waals surface area contributed by atoms with Crippen LogP contribution in [0.1, 0.15) is 22.9 Å². The van der Waals surface area contributed by atoms with Crippen molar-refractivity contribution in [1.82, 2.24) is 25.5 Å². The first-order valence-corrected chi connectivity index (χ1v) is 11.5. The molecule has 0 spiro atoms. The summed E-state index contributed by atoms with van der Waals surface area (Å²) >= 11 is 3.06. The van der Waals surface area contributed by atoms with E-state index < -0.39 is 0 Å². The molecule has 0 saturated heterocycles. The SMILES string of the molecule is COc1ccccc1-n1nnnc1SCCC(=O)NC(c1ccccc1)c1cccs1. The van der Waals surface area contributed by atoms with Crippen molar-refractivity contribution >= 4 is 29.0 Å². The lowest BCUT2D eigenvalue weighted by molar-refractivity contribution is -0.121. The lowest BCUT2D eigenvalue weighted by Crippen LogP contribution is -2.29. The minimum absolute atomic E-state index is 0.0222. The van der Waals surface area contributed by atoms with Crippen LogP contribution >= 0.6 is 23.1 Å². The van der Waals surface area contributed by atoms with Crippen LogP contribution < -0.4 is 10.1 Å². The molecule has 0 radical (unpaired) electrons. The molecule has 7 nitrogen and oxygen atoms in total. The summed E-state index contributed by atoms with van der Waals surface area (Å²) in [6.45, 7) is 0. The minimum atomic E-state index is -0.155. The summed E-state index contributed by atoms with van der Waals surface area (Å²) in [6.07, 6.45) is 0.345. The Bertz CT molecular complexity index is 1120. The third kappa shape index (κ3) is 5.12. The third-order valence-corrected chi connectivity index (χ3v) is 6.44. The van der Waals surface area contributed by atoms with Gasteiger partial charge in [0.25, 0.3) is 0 Å². The average molecular weight is 452 g/mol. The van der Waals surface area contributed by atoms with E-state index in [9.17, 15) is 4.79 Å². The summed E-state index contributed by atoms with van der Waals surface area (Å²) in [5, 5.41) is 17.7. The number of ether oxygens (including phenoxy) is 1. The Morgan fingerprint density at radius 2 is 1.94 bits per heavy atom. The van der Waals surface area contributed by atoms with Crippen molar-refractivity contribution in [2.24, 2.45) is 0 Å². The van der Waals surface area contributed by atoms with Gasteiger partial charge in [0.1, 0.15) is 11.4 Å². The van der Waals surface area contributed by atoms with Gasteiger partial charge in [-0.05, 0) is 39.6 Å². The molecular weight excluding hydrogens is 430 g/mol. The second-order valence-electron chi connectivity index (χ2n) is 6.57. The van der Waals surface area contributed by atoms with E-state index in [0.717, 1.165) is 16.1 Å². The van der Waals surface area contributed by atoms with Gasteiger partial charge in [0, 0.05) is 17.1 Å². The number of rotatable bonds is 9. The van der Waals surface area contributed by atoms with Crippen LogP contribution in [0.3, 0.4) is 0 Å². The smallest absolute Gasteiger partial charge is 0.221 e. The van der Waals surface area contributed by atoms with Gasteiger partial charge in [0.15, 0.2) is 0 Å². The predicted octanol–water partition coefficient (Wildman–Crippen LogP) is 4.12. The fourth-order valence-electron chi connectivity index (χ4n) is 3.11. The van der Waals surface area contributed by atoms with E-state index in [0.29, 0.717) is 23.1 Å². The number of thiophene rings is 1. The summed E-state index contributed by atoms with van der Waals surface area (Å²) in [5.74, 6) is 1.20. The van der Waals surface area contributed by atoms with Gasteiger partial charge in [-0.15, -0.1) is 16.4 Å². The predicted molar refractivity (Wildman–Crippen MR) is 122 cm³/mol. The number of methoxy groups -OCH3 is 1. The maximum atomic E-state index is 12.7. The quantitative estimate of drug-likeness (QED) is 0.386. The van der Waals surface area contributed by atoms with Gasteiger partial charge in [0.2, 0.25) is 11.1 Å². The molecular formula is C22H21N5O2S2. The van der Waals surface area contributed by atoms with Gasteiger partial charge >= 0.3 is 0 Å². The first-order chi connectivity index (χ1) is 15.3. The lowest BCUT2D eigenvalue weighted by atomic mass is 10.1. The highest BCUT2D eigenvalue weighted by Gasteiger charge is 2.18. The highest BCUT2D eigenvalue weighted by atomic mass is 32.2. The minimum Gasteiger partial charge on any atom is -0.494 e. The van der Waals surface area contributed by atoms with Crippen LogP contribution in [0.4, 0.5) is 0 Å². The van der Waals surface area contributed by atoms with Crippen LogP contribution in [0.5, 0.6) is 5.75 Å². The van der Waals surface area contributed by atoms with Gasteiger partial charge < -0.3 is 10.1 Å². The van der Waals surface area contributed by atoms with Gasteiger partial charge in [-0.25, -0.2) is 0 Å². The van der Waals surface area contributed by atoms with Crippen LogP contribution in [-0.4, -0.2) is 39.0 Å². The molecule has 1 atom stereocenters. The Hall–Kier alpha value is -3.17. The fourth-order valence-corrected chi connectivity index (χ4v) is 4.74. The highest BCUT2D eigenvalue weighted by Crippen LogP contribution is 2.27. The van der Waals surface area contributed by atoms with E-state index in [1.165, 1.54) is 11.8 Å². The molecule has 31 heavy (non-hydrogen) atoms. The molecule has 0 aliphatic carbocycles. The number of carbonyl (C=O) groups is 1. The van der Waals surface area contributed by atoms with Gasteiger partial charge in [-0.2, -0.15) is 4.68 Å². The monoisotopic (exact) mass is 451 g/mol. The van der Waals surface area contributed by atoms with E-state index in [1.807, 2.05) is 72.1 Å². The first kappa shape index (κ1) is 21.1. The summed E-state index contributed by atoms with van der Waals surface area (Å²) in [5.41, 5.74) is 1.81. The zero-order valence-corrected chi connectivity index (χ0v) is 18.5. The van der Waals surface area contributed by atoms with Crippen LogP contribution in [-0.2, 0) is 4.79 Å². The molecule has 0 aliphatic rings. The number of thioether (sulfide) groups is 1. The molecule has 0 fully saturated rings. The number of hydrogen-bond acceptors (Lipinski definition) is 7. The Morgan fingerprint density at radius 3 is 2.71 bits per heavy atom. The Morgan fingerprint density at radius 1 is 1.13 bits per heavy atom. The van der Waals surface area contributed by atoms with Crippen molar-refractivity contribution in [2.75, 3.05) is 12.9 Å². The standard InChI is InChI=1S/C22H21N5O2S2/c1-29-18-11-6-5-10-17(18)27-22(24-25-26-27)31-15-13-20(28)23-21(19-12-7-14-30-19)16-8-3-2-4-9-16/h2-12,14,21H,13,15H2,1H3,(H,23,28). The molecule has 0 aliphatic heterocycles. The van der Waals surface area contributed by atoms with Gasteiger partial charge in [-0.1, -0.05) is 60.3 Å². The largest absolute Gasteiger partial charge is 0.494 e. The summed E-state index contributed by atoms with van der Waals surface area (Å²) in [7, 11) is 1.61. The number of amides is 1. The molecule has 4 rings (SSSR count). The number of benzene rings is 2. The maximum Gasteiger partial charge on any atom is 0.221 e. The molecule has 9 heteroatoms. The van der Waals surface area contributed by atoms with E-state index in [4.69, 9.17) is 4.74 Å². The molecule has 1 amide bonds. The molecule has 0 bridgehead atoms. The van der Waals surface area contributed by atoms with Crippen LogP contribution in [0, 0.1) is 0 Å². The molecule has 2 aromatic heterocycles. The van der Waals surface area contributed by atoms with Crippen molar-refractivity contribution in [3.63, 3.8) is 0 Å². The lowest BCUT2D eigenvalue weighted by Gasteiger charge is -2.18. The zero-order chi connectivity index (χ0) is 21.5. The Balaban J connectivity index is 1.39. The van der Waals surface area contributed by atoms with Crippen molar-refractivity contribution in [2.45, 2.75) is 17.6 Å². The normalized spacial score (nSPS) is 11.8. The number of nitrogens with one attached hydrogen (secondary N) is 1. The number of nitrogens with zero attached hydrogens (tertiary/aromatic N) is 4. The van der Waals surface area contributed by atoms with Crippen molar-refractivity contribution in [3.8, 4) is 11.4 Å². The van der Waals surface area contributed by atoms with Crippen LogP contribution in [0.15, 0.2) is 77.3 Å². The van der Waals surface area contributed by atoms with E-state index in [1.54, 1.807) is 23.1 Å². The van der Waals surface area contributed by atoms with Crippen LogP contribution in [0.2, 0.25) is 0 Å². The number of carbonyl (C=O) groups excluding carboxylic acids is 1. The van der Waals surface area contributed by atoms with Crippen molar-refractivity contribution in [3.05, 3.63) is 82.6 Å². The number of hydrogen-bond donors (Lipinski definition) is 1. The number of tetrazole rings is 1. The van der Waals surface area contributed by atoms with Crippen LogP contribution in [0.25, 0.3) is 5.69 Å². The first-order valence-electron chi connectivity index (χ1n) is 9.68. The summed E-state index contributed by atoms with van der Waals surface area (Å²) in [6, 6.07) is 21.4. The summed E-state index contributed by atoms with van der Waals surface area (Å²) in [4.78, 5) is 13.8. The molecule has 1 unspecified atom stereocenters. The molecule has 4 aromatic rings. The Kier molecular flexibility index (Phi) is 6.96. The van der Waals surface area contributed by atoms with Gasteiger partial charge in [-0.3, -0.25) is 4.79 Å². The maximum absolute atomic E-state index is 12.7. The molecule has 1 N–H and O–H groups in total. The Labute approximate surface area is 188 Å². The molecule has 0 saturated carbocycles. The van der Waals surface area contributed by atoms with E-state index in [-0.39, 0.29) is 11.9 Å². The average Bonchev–Trinajstić information content (AvgIpc) is 3.50. The van der Waals surface area contributed by atoms with Gasteiger partial charge in [0.05, 0.1) is 13.2 Å². The number of aromatic nitrogens is 4. The second kappa shape index (κ2) is 10.2. The molecule has 2 heterocycles. The third-order valence-electron chi connectivity index (χ3n) is 4.58. The summed E-state index contributed by atoms with van der Waals surface area (Å²) < 4.78 is 7.02. The van der Waals surface area contributed by atoms with E-state index >= 15 is 0 Å². The molecule has 2 aromatic carbocycles. The highest BCUT2D eigenvalue weighted by molar-refractivity contribution is 7.99. The number of para-hydroxylation sites is 2. The zero-order valence-electron chi connectivity index (χ0n) is 16.8. The fraction of sp³-hybridized carbons (Fsp3) is 0.182. The van der Waals surface area contributed by atoms with Crippen molar-refractivity contribution < 1.29 is 9.53 Å².